The average Bonchev–Trinajstić information content (AvgIpc) is 2.31. The van der Waals surface area contributed by atoms with Crippen molar-refractivity contribution in [3.8, 4) is 0 Å². The van der Waals surface area contributed by atoms with Crippen LogP contribution in [0.25, 0.3) is 0 Å². The standard InChI is InChI=1S/C13H19NO.2H2S/c1-13(15,11-7-3-2-4-8-11)12-9-5-6-10-14-12;;/h2-4,7-8,12,14-15H,5-6,9-10H2,1H3;2*1H2/t12-,13-;;/m0../s1. The highest BCUT2D eigenvalue weighted by Crippen LogP contribution is 2.28. The average molecular weight is 273 g/mol. The first kappa shape index (κ1) is 16.8. The van der Waals surface area contributed by atoms with Crippen LogP contribution in [-0.2, 0) is 5.60 Å². The summed E-state index contributed by atoms with van der Waals surface area (Å²) in [5.41, 5.74) is 0.256. The van der Waals surface area contributed by atoms with E-state index in [0.717, 1.165) is 18.5 Å². The van der Waals surface area contributed by atoms with Crippen molar-refractivity contribution < 1.29 is 5.11 Å². The molecule has 1 aromatic rings. The first-order valence-electron chi connectivity index (χ1n) is 5.72. The van der Waals surface area contributed by atoms with Crippen molar-refractivity contribution in [3.05, 3.63) is 35.9 Å². The van der Waals surface area contributed by atoms with Crippen molar-refractivity contribution in [3.63, 3.8) is 0 Å². The van der Waals surface area contributed by atoms with Crippen LogP contribution in [0, 0.1) is 0 Å². The highest BCUT2D eigenvalue weighted by molar-refractivity contribution is 7.59. The lowest BCUT2D eigenvalue weighted by Crippen LogP contribution is -2.49. The Hall–Kier alpha value is -0.160. The summed E-state index contributed by atoms with van der Waals surface area (Å²) in [6.07, 6.45) is 3.49. The molecular formula is C13H23NOS2. The first-order valence-corrected chi connectivity index (χ1v) is 5.72. The van der Waals surface area contributed by atoms with E-state index in [2.05, 4.69) is 5.32 Å². The fraction of sp³-hybridized carbons (Fsp3) is 0.538. The lowest BCUT2D eigenvalue weighted by molar-refractivity contribution is 0.00568. The molecule has 1 fully saturated rings. The third-order valence-corrected chi connectivity index (χ3v) is 3.35. The van der Waals surface area contributed by atoms with Crippen LogP contribution < -0.4 is 5.32 Å². The number of nitrogens with one attached hydrogen (secondary N) is 1. The molecule has 0 saturated carbocycles. The van der Waals surface area contributed by atoms with Crippen LogP contribution in [0.3, 0.4) is 0 Å². The molecule has 0 aliphatic carbocycles. The van der Waals surface area contributed by atoms with E-state index in [1.165, 1.54) is 12.8 Å². The Kier molecular flexibility index (Phi) is 7.24. The predicted octanol–water partition coefficient (Wildman–Crippen LogP) is 2.26. The minimum Gasteiger partial charge on any atom is -0.384 e. The Morgan fingerprint density at radius 2 is 1.82 bits per heavy atom. The summed E-state index contributed by atoms with van der Waals surface area (Å²) < 4.78 is 0. The van der Waals surface area contributed by atoms with E-state index in [1.54, 1.807) is 0 Å². The molecule has 1 aliphatic heterocycles. The topological polar surface area (TPSA) is 32.3 Å². The van der Waals surface area contributed by atoms with Gasteiger partial charge in [0.2, 0.25) is 0 Å². The highest BCUT2D eigenvalue weighted by atomic mass is 32.1. The minimum absolute atomic E-state index is 0. The lowest BCUT2D eigenvalue weighted by atomic mass is 9.84. The summed E-state index contributed by atoms with van der Waals surface area (Å²) in [7, 11) is 0. The van der Waals surface area contributed by atoms with E-state index >= 15 is 0 Å². The van der Waals surface area contributed by atoms with E-state index in [1.807, 2.05) is 37.3 Å². The van der Waals surface area contributed by atoms with E-state index in [4.69, 9.17) is 0 Å². The van der Waals surface area contributed by atoms with Gasteiger partial charge in [0, 0.05) is 6.04 Å². The monoisotopic (exact) mass is 273 g/mol. The van der Waals surface area contributed by atoms with Crippen molar-refractivity contribution >= 4 is 27.0 Å². The molecule has 0 unspecified atom stereocenters. The molecule has 2 N–H and O–H groups in total. The van der Waals surface area contributed by atoms with Gasteiger partial charge < -0.3 is 10.4 Å². The first-order chi connectivity index (χ1) is 7.21. The van der Waals surface area contributed by atoms with Crippen LogP contribution in [0.4, 0.5) is 0 Å². The molecule has 1 saturated heterocycles. The molecule has 0 radical (unpaired) electrons. The molecule has 0 spiro atoms. The van der Waals surface area contributed by atoms with Crippen LogP contribution in [0.5, 0.6) is 0 Å². The molecule has 1 aromatic carbocycles. The molecule has 2 atom stereocenters. The highest BCUT2D eigenvalue weighted by Gasteiger charge is 2.33. The van der Waals surface area contributed by atoms with Gasteiger partial charge in [-0.3, -0.25) is 0 Å². The summed E-state index contributed by atoms with van der Waals surface area (Å²) in [5.74, 6) is 0. The number of hydrogen-bond acceptors (Lipinski definition) is 2. The van der Waals surface area contributed by atoms with Crippen molar-refractivity contribution in [2.24, 2.45) is 0 Å². The van der Waals surface area contributed by atoms with Gasteiger partial charge in [0.05, 0.1) is 0 Å². The molecule has 4 heteroatoms. The number of aliphatic hydroxyl groups is 1. The van der Waals surface area contributed by atoms with Crippen LogP contribution >= 0.6 is 27.0 Å². The second-order valence-corrected chi connectivity index (χ2v) is 4.52. The van der Waals surface area contributed by atoms with E-state index < -0.39 is 5.60 Å². The number of hydrogen-bond donors (Lipinski definition) is 2. The van der Waals surface area contributed by atoms with E-state index in [0.29, 0.717) is 0 Å². The van der Waals surface area contributed by atoms with Gasteiger partial charge in [0.25, 0.3) is 0 Å². The maximum absolute atomic E-state index is 10.5. The Morgan fingerprint density at radius 3 is 2.35 bits per heavy atom. The molecule has 2 nitrogen and oxygen atoms in total. The van der Waals surface area contributed by atoms with E-state index in [-0.39, 0.29) is 33.0 Å². The third-order valence-electron chi connectivity index (χ3n) is 3.35. The molecule has 98 valence electrons. The summed E-state index contributed by atoms with van der Waals surface area (Å²) in [4.78, 5) is 0. The zero-order valence-corrected chi connectivity index (χ0v) is 12.2. The van der Waals surface area contributed by atoms with Crippen molar-refractivity contribution in [2.45, 2.75) is 37.8 Å². The summed E-state index contributed by atoms with van der Waals surface area (Å²) in [5, 5.41) is 14.0. The van der Waals surface area contributed by atoms with Gasteiger partial charge in [0.1, 0.15) is 5.60 Å². The summed E-state index contributed by atoms with van der Waals surface area (Å²) in [6, 6.07) is 10.1. The molecule has 1 aliphatic rings. The third kappa shape index (κ3) is 3.91. The van der Waals surface area contributed by atoms with Gasteiger partial charge in [-0.2, -0.15) is 27.0 Å². The number of benzene rings is 1. The molecule has 0 bridgehead atoms. The number of piperidine rings is 1. The van der Waals surface area contributed by atoms with Gasteiger partial charge in [-0.25, -0.2) is 0 Å². The minimum atomic E-state index is -0.748. The molecular weight excluding hydrogens is 250 g/mol. The molecule has 17 heavy (non-hydrogen) atoms. The molecule has 2 rings (SSSR count). The largest absolute Gasteiger partial charge is 0.384 e. The SMILES string of the molecule is C[C@](O)(c1ccccc1)[C@@H]1CCCCN1.S.S. The van der Waals surface area contributed by atoms with Gasteiger partial charge in [-0.15, -0.1) is 0 Å². The lowest BCUT2D eigenvalue weighted by Gasteiger charge is -2.36. The van der Waals surface area contributed by atoms with Crippen LogP contribution in [0.15, 0.2) is 30.3 Å². The van der Waals surface area contributed by atoms with Gasteiger partial charge in [0.15, 0.2) is 0 Å². The second-order valence-electron chi connectivity index (χ2n) is 4.52. The van der Waals surface area contributed by atoms with Crippen LogP contribution in [-0.4, -0.2) is 17.7 Å². The van der Waals surface area contributed by atoms with E-state index in [9.17, 15) is 5.11 Å². The molecule has 0 aromatic heterocycles. The fourth-order valence-corrected chi connectivity index (χ4v) is 2.31. The fourth-order valence-electron chi connectivity index (χ4n) is 2.31. The number of rotatable bonds is 2. The Bertz CT molecular complexity index is 310. The normalized spacial score (nSPS) is 22.8. The Morgan fingerprint density at radius 1 is 1.18 bits per heavy atom. The van der Waals surface area contributed by atoms with Gasteiger partial charge in [-0.05, 0) is 31.9 Å². The smallest absolute Gasteiger partial charge is 0.102 e. The maximum atomic E-state index is 10.5. The van der Waals surface area contributed by atoms with Crippen LogP contribution in [0.1, 0.15) is 31.7 Å². The summed E-state index contributed by atoms with van der Waals surface area (Å²) >= 11 is 0. The van der Waals surface area contributed by atoms with Crippen molar-refractivity contribution in [2.75, 3.05) is 6.54 Å². The zero-order chi connectivity index (χ0) is 10.7. The maximum Gasteiger partial charge on any atom is 0.102 e. The van der Waals surface area contributed by atoms with Gasteiger partial charge >= 0.3 is 0 Å². The predicted molar refractivity (Wildman–Crippen MR) is 82.4 cm³/mol. The quantitative estimate of drug-likeness (QED) is 0.866. The van der Waals surface area contributed by atoms with Crippen molar-refractivity contribution in [1.82, 2.24) is 5.32 Å². The van der Waals surface area contributed by atoms with Crippen molar-refractivity contribution in [1.29, 1.82) is 0 Å². The Labute approximate surface area is 118 Å². The second kappa shape index (κ2) is 7.31. The summed E-state index contributed by atoms with van der Waals surface area (Å²) in [6.45, 7) is 2.93. The molecule has 0 amide bonds. The zero-order valence-electron chi connectivity index (χ0n) is 10.2. The Balaban J connectivity index is 0.00000128. The van der Waals surface area contributed by atoms with Gasteiger partial charge in [-0.1, -0.05) is 36.8 Å². The van der Waals surface area contributed by atoms with Crippen LogP contribution in [0.2, 0.25) is 0 Å². The molecule has 1 heterocycles.